The van der Waals surface area contributed by atoms with Gasteiger partial charge in [-0.1, -0.05) is 89.3 Å². The predicted molar refractivity (Wildman–Crippen MR) is 189 cm³/mol. The van der Waals surface area contributed by atoms with Crippen LogP contribution in [0.2, 0.25) is 0 Å². The summed E-state index contributed by atoms with van der Waals surface area (Å²) in [6, 6.07) is 29.9. The normalized spacial score (nSPS) is 10.4. The molecule has 4 rings (SSSR count). The summed E-state index contributed by atoms with van der Waals surface area (Å²) in [5.74, 6) is 3.65. The Morgan fingerprint density at radius 1 is 0.705 bits per heavy atom. The van der Waals surface area contributed by atoms with Crippen molar-refractivity contribution in [3.05, 3.63) is 144 Å². The van der Waals surface area contributed by atoms with E-state index in [1.165, 1.54) is 22.4 Å². The van der Waals surface area contributed by atoms with Crippen LogP contribution in [0.1, 0.15) is 47.9 Å². The number of aromatic nitrogens is 1. The Morgan fingerprint density at radius 3 is 1.77 bits per heavy atom. The predicted octanol–water partition coefficient (Wildman–Crippen LogP) is 9.15. The first-order valence-corrected chi connectivity index (χ1v) is 16.9. The SMILES string of the molecule is C=CC(=C)CCCCCOc1ccc(CCc2ccc(OCc3ccc(C[n+]4ccc(N(C)C)cc4)cc3)cc2)cc1.CBr. The second kappa shape index (κ2) is 19.4. The van der Waals surface area contributed by atoms with Gasteiger partial charge in [-0.2, -0.15) is 0 Å². The van der Waals surface area contributed by atoms with Gasteiger partial charge in [-0.15, -0.1) is 0 Å². The lowest BCUT2D eigenvalue weighted by atomic mass is 10.0. The van der Waals surface area contributed by atoms with E-state index in [4.69, 9.17) is 9.47 Å². The Bertz CT molecular complexity index is 1380. The molecule has 0 unspecified atom stereocenters. The van der Waals surface area contributed by atoms with Crippen molar-refractivity contribution in [3.8, 4) is 11.5 Å². The van der Waals surface area contributed by atoms with E-state index in [-0.39, 0.29) is 0 Å². The summed E-state index contributed by atoms with van der Waals surface area (Å²) in [6.45, 7) is 9.88. The molecule has 1 heterocycles. The molecule has 5 heteroatoms. The molecule has 0 radical (unpaired) electrons. The van der Waals surface area contributed by atoms with E-state index < -0.39 is 0 Å². The molecule has 0 saturated carbocycles. The van der Waals surface area contributed by atoms with Gasteiger partial charge < -0.3 is 14.4 Å². The number of benzene rings is 3. The van der Waals surface area contributed by atoms with E-state index in [1.807, 2.05) is 11.9 Å². The van der Waals surface area contributed by atoms with E-state index in [9.17, 15) is 0 Å². The van der Waals surface area contributed by atoms with Gasteiger partial charge in [-0.25, -0.2) is 4.57 Å². The molecule has 0 aliphatic rings. The number of alkyl halides is 1. The first kappa shape index (κ1) is 34.7. The zero-order valence-electron chi connectivity index (χ0n) is 26.7. The molecule has 0 aliphatic carbocycles. The lowest BCUT2D eigenvalue weighted by molar-refractivity contribution is -0.688. The number of rotatable bonds is 17. The van der Waals surface area contributed by atoms with Crippen LogP contribution >= 0.6 is 15.9 Å². The molecular weight excluding hydrogens is 608 g/mol. The maximum absolute atomic E-state index is 6.05. The number of allylic oxidation sites excluding steroid dienone is 2. The minimum absolute atomic E-state index is 0.559. The van der Waals surface area contributed by atoms with Crippen molar-refractivity contribution in [2.75, 3.05) is 31.4 Å². The van der Waals surface area contributed by atoms with Crippen molar-refractivity contribution in [1.29, 1.82) is 0 Å². The molecule has 1 aromatic heterocycles. The number of anilines is 1. The maximum Gasteiger partial charge on any atom is 0.173 e. The van der Waals surface area contributed by atoms with Crippen LogP contribution in [0.5, 0.6) is 11.5 Å². The van der Waals surface area contributed by atoms with Gasteiger partial charge >= 0.3 is 0 Å². The Balaban J connectivity index is 0.00000259. The smallest absolute Gasteiger partial charge is 0.173 e. The summed E-state index contributed by atoms with van der Waals surface area (Å²) in [7, 11) is 4.11. The van der Waals surface area contributed by atoms with Gasteiger partial charge in [-0.3, -0.25) is 0 Å². The fourth-order valence-corrected chi connectivity index (χ4v) is 4.69. The molecule has 44 heavy (non-hydrogen) atoms. The number of ether oxygens (including phenoxy) is 2. The highest BCUT2D eigenvalue weighted by Gasteiger charge is 2.05. The van der Waals surface area contributed by atoms with Gasteiger partial charge in [-0.05, 0) is 85.3 Å². The van der Waals surface area contributed by atoms with Crippen LogP contribution < -0.4 is 18.9 Å². The molecule has 0 N–H and O–H groups in total. The third-order valence-electron chi connectivity index (χ3n) is 7.43. The van der Waals surface area contributed by atoms with Crippen molar-refractivity contribution in [2.24, 2.45) is 0 Å². The topological polar surface area (TPSA) is 25.6 Å². The number of hydrogen-bond acceptors (Lipinski definition) is 3. The van der Waals surface area contributed by atoms with Gasteiger partial charge in [0, 0.05) is 37.5 Å². The molecule has 4 aromatic rings. The van der Waals surface area contributed by atoms with Crippen LogP contribution in [-0.4, -0.2) is 26.5 Å². The maximum atomic E-state index is 6.05. The number of nitrogens with zero attached hydrogens (tertiary/aromatic N) is 2. The standard InChI is InChI=1S/C38H45N2O2.CH3Br/c1-5-31(2)9-7-6-8-28-41-37-20-16-32(17-21-37)10-11-33-18-22-38(23-19-33)42-30-35-14-12-34(13-15-35)29-40-26-24-36(25-27-40)39(3)4;1-2/h5,12-27H,1-2,6-11,28-30H2,3-4H3;1H3/q+1;. The Hall–Kier alpha value is -3.83. The molecule has 0 fully saturated rings. The molecule has 0 atom stereocenters. The summed E-state index contributed by atoms with van der Waals surface area (Å²) < 4.78 is 14.2. The molecule has 232 valence electrons. The highest BCUT2D eigenvalue weighted by molar-refractivity contribution is 9.08. The summed E-state index contributed by atoms with van der Waals surface area (Å²) in [5, 5.41) is 0. The van der Waals surface area contributed by atoms with Gasteiger partial charge in [0.05, 0.1) is 6.61 Å². The number of unbranched alkanes of at least 4 members (excludes halogenated alkanes) is 2. The summed E-state index contributed by atoms with van der Waals surface area (Å²) in [6.07, 6.45) is 12.4. The van der Waals surface area contributed by atoms with Crippen molar-refractivity contribution >= 4 is 21.6 Å². The third kappa shape index (κ3) is 12.4. The van der Waals surface area contributed by atoms with Crippen molar-refractivity contribution in [2.45, 2.75) is 51.7 Å². The van der Waals surface area contributed by atoms with Crippen LogP contribution in [0.25, 0.3) is 0 Å². The van der Waals surface area contributed by atoms with Crippen molar-refractivity contribution in [1.82, 2.24) is 0 Å². The fraction of sp³-hybridized carbons (Fsp3) is 0.308. The van der Waals surface area contributed by atoms with Gasteiger partial charge in [0.2, 0.25) is 0 Å². The minimum atomic E-state index is 0.559. The number of pyridine rings is 1. The van der Waals surface area contributed by atoms with Crippen LogP contribution in [0.3, 0.4) is 0 Å². The molecule has 4 nitrogen and oxygen atoms in total. The summed E-state index contributed by atoms with van der Waals surface area (Å²) in [4.78, 5) is 2.11. The second-order valence-electron chi connectivity index (χ2n) is 11.0. The van der Waals surface area contributed by atoms with Crippen LogP contribution in [0.4, 0.5) is 5.69 Å². The fourth-order valence-electron chi connectivity index (χ4n) is 4.69. The third-order valence-corrected chi connectivity index (χ3v) is 7.43. The highest BCUT2D eigenvalue weighted by Crippen LogP contribution is 2.18. The first-order chi connectivity index (χ1) is 21.5. The molecule has 3 aromatic carbocycles. The Morgan fingerprint density at radius 2 is 1.23 bits per heavy atom. The van der Waals surface area contributed by atoms with E-state index >= 15 is 0 Å². The second-order valence-corrected chi connectivity index (χ2v) is 11.0. The van der Waals surface area contributed by atoms with Crippen molar-refractivity contribution in [3.63, 3.8) is 0 Å². The van der Waals surface area contributed by atoms with E-state index in [0.29, 0.717) is 6.61 Å². The molecule has 0 amide bonds. The monoisotopic (exact) mass is 655 g/mol. The number of hydrogen-bond donors (Lipinski definition) is 0. The van der Waals surface area contributed by atoms with Gasteiger partial charge in [0.15, 0.2) is 18.9 Å². The number of aryl methyl sites for hydroxylation is 2. The summed E-state index contributed by atoms with van der Waals surface area (Å²) >= 11 is 2.94. The zero-order chi connectivity index (χ0) is 31.6. The van der Waals surface area contributed by atoms with Crippen LogP contribution in [-0.2, 0) is 26.0 Å². The molecule has 0 bridgehead atoms. The zero-order valence-corrected chi connectivity index (χ0v) is 28.3. The van der Waals surface area contributed by atoms with Crippen LogP contribution in [0.15, 0.2) is 122 Å². The van der Waals surface area contributed by atoms with E-state index in [2.05, 4.69) is 150 Å². The molecule has 0 spiro atoms. The lowest BCUT2D eigenvalue weighted by Crippen LogP contribution is -2.33. The van der Waals surface area contributed by atoms with Crippen molar-refractivity contribution < 1.29 is 14.0 Å². The Labute approximate surface area is 273 Å². The molecule has 0 saturated heterocycles. The average Bonchev–Trinajstić information content (AvgIpc) is 3.07. The number of halogens is 1. The summed E-state index contributed by atoms with van der Waals surface area (Å²) in [5.41, 5.74) is 7.38. The first-order valence-electron chi connectivity index (χ1n) is 15.3. The van der Waals surface area contributed by atoms with Crippen LogP contribution in [0, 0.1) is 0 Å². The highest BCUT2D eigenvalue weighted by atomic mass is 79.9. The van der Waals surface area contributed by atoms with Gasteiger partial charge in [0.25, 0.3) is 0 Å². The average molecular weight is 657 g/mol. The largest absolute Gasteiger partial charge is 0.494 e. The molecular formula is C39H48BrN2O2+. The Kier molecular flexibility index (Phi) is 15.3. The van der Waals surface area contributed by atoms with E-state index in [1.54, 1.807) is 0 Å². The van der Waals surface area contributed by atoms with E-state index in [0.717, 1.165) is 74.3 Å². The quantitative estimate of drug-likeness (QED) is 0.0491. The minimum Gasteiger partial charge on any atom is -0.494 e. The molecule has 0 aliphatic heterocycles. The van der Waals surface area contributed by atoms with Gasteiger partial charge in [0.1, 0.15) is 18.1 Å². The lowest BCUT2D eigenvalue weighted by Gasteiger charge is -2.10.